The van der Waals surface area contributed by atoms with Gasteiger partial charge in [-0.2, -0.15) is 5.10 Å². The Morgan fingerprint density at radius 3 is 2.76 bits per heavy atom. The van der Waals surface area contributed by atoms with Gasteiger partial charge in [0.15, 0.2) is 5.82 Å². The second kappa shape index (κ2) is 6.05. The van der Waals surface area contributed by atoms with E-state index < -0.39 is 16.1 Å². The van der Waals surface area contributed by atoms with Crippen molar-refractivity contribution in [2.24, 2.45) is 0 Å². The van der Waals surface area contributed by atoms with Gasteiger partial charge in [-0.05, 0) is 31.5 Å². The van der Waals surface area contributed by atoms with Crippen LogP contribution in [0, 0.1) is 0 Å². The zero-order chi connectivity index (χ0) is 15.6. The predicted octanol–water partition coefficient (Wildman–Crippen LogP) is 2.18. The number of aromatic nitrogens is 2. The van der Waals surface area contributed by atoms with E-state index in [0.29, 0.717) is 11.6 Å². The maximum absolute atomic E-state index is 12.4. The molecule has 1 unspecified atom stereocenters. The standard InChI is InChI=1S/C13H17ClN4O2S/c1-3-18-8-12(13(15)16-18)21(19,20)17-9(2)10-5-4-6-11(14)7-10/h4-9,17H,3H2,1-2H3,(H2,15,16). The van der Waals surface area contributed by atoms with Gasteiger partial charge in [-0.3, -0.25) is 4.68 Å². The molecule has 0 saturated heterocycles. The van der Waals surface area contributed by atoms with E-state index in [1.807, 2.05) is 6.92 Å². The highest BCUT2D eigenvalue weighted by molar-refractivity contribution is 7.89. The lowest BCUT2D eigenvalue weighted by Crippen LogP contribution is -2.27. The molecule has 8 heteroatoms. The summed E-state index contributed by atoms with van der Waals surface area (Å²) in [6.07, 6.45) is 1.42. The first-order chi connectivity index (χ1) is 9.83. The van der Waals surface area contributed by atoms with Gasteiger partial charge in [0.1, 0.15) is 4.90 Å². The number of anilines is 1. The van der Waals surface area contributed by atoms with Gasteiger partial charge in [0.25, 0.3) is 0 Å². The Kier molecular flexibility index (Phi) is 4.55. The van der Waals surface area contributed by atoms with Gasteiger partial charge in [0, 0.05) is 23.8 Å². The number of hydrogen-bond acceptors (Lipinski definition) is 4. The molecule has 1 aromatic carbocycles. The third-order valence-corrected chi connectivity index (χ3v) is 4.84. The third-order valence-electron chi connectivity index (χ3n) is 3.05. The van der Waals surface area contributed by atoms with Crippen molar-refractivity contribution < 1.29 is 8.42 Å². The Morgan fingerprint density at radius 2 is 2.19 bits per heavy atom. The second-order valence-corrected chi connectivity index (χ2v) is 6.75. The first-order valence-corrected chi connectivity index (χ1v) is 8.30. The van der Waals surface area contributed by atoms with E-state index in [1.165, 1.54) is 10.9 Å². The first kappa shape index (κ1) is 15.8. The van der Waals surface area contributed by atoms with Gasteiger partial charge in [0.05, 0.1) is 0 Å². The highest BCUT2D eigenvalue weighted by Gasteiger charge is 2.23. The normalized spacial score (nSPS) is 13.3. The fraction of sp³-hybridized carbons (Fsp3) is 0.308. The molecule has 0 aliphatic carbocycles. The van der Waals surface area contributed by atoms with Crippen molar-refractivity contribution in [3.8, 4) is 0 Å². The molecule has 2 aromatic rings. The maximum atomic E-state index is 12.4. The molecule has 2 rings (SSSR count). The van der Waals surface area contributed by atoms with Crippen LogP contribution >= 0.6 is 11.6 Å². The molecular weight excluding hydrogens is 312 g/mol. The summed E-state index contributed by atoms with van der Waals surface area (Å²) >= 11 is 5.91. The number of halogens is 1. The lowest BCUT2D eigenvalue weighted by Gasteiger charge is -2.14. The number of nitrogens with one attached hydrogen (secondary N) is 1. The highest BCUT2D eigenvalue weighted by Crippen LogP contribution is 2.22. The number of nitrogens with zero attached hydrogens (tertiary/aromatic N) is 2. The van der Waals surface area contributed by atoms with Crippen LogP contribution in [0.2, 0.25) is 5.02 Å². The third kappa shape index (κ3) is 3.55. The van der Waals surface area contributed by atoms with Gasteiger partial charge >= 0.3 is 0 Å². The molecule has 0 radical (unpaired) electrons. The number of benzene rings is 1. The van der Waals surface area contributed by atoms with Gasteiger partial charge in [0.2, 0.25) is 10.0 Å². The van der Waals surface area contributed by atoms with Crippen LogP contribution in [0.15, 0.2) is 35.4 Å². The predicted molar refractivity (Wildman–Crippen MR) is 82.5 cm³/mol. The first-order valence-electron chi connectivity index (χ1n) is 6.44. The highest BCUT2D eigenvalue weighted by atomic mass is 35.5. The molecule has 0 bridgehead atoms. The van der Waals surface area contributed by atoms with Crippen molar-refractivity contribution >= 4 is 27.4 Å². The fourth-order valence-electron chi connectivity index (χ4n) is 1.93. The van der Waals surface area contributed by atoms with Gasteiger partial charge < -0.3 is 5.73 Å². The summed E-state index contributed by atoms with van der Waals surface area (Å²) < 4.78 is 28.8. The van der Waals surface area contributed by atoms with Crippen molar-refractivity contribution in [3.05, 3.63) is 41.0 Å². The maximum Gasteiger partial charge on any atom is 0.246 e. The Labute approximate surface area is 129 Å². The molecule has 114 valence electrons. The van der Waals surface area contributed by atoms with E-state index in [-0.39, 0.29) is 10.7 Å². The number of nitrogens with two attached hydrogens (primary N) is 1. The van der Waals surface area contributed by atoms with E-state index in [2.05, 4.69) is 9.82 Å². The van der Waals surface area contributed by atoms with E-state index >= 15 is 0 Å². The Bertz CT molecular complexity index is 742. The molecule has 6 nitrogen and oxygen atoms in total. The Hall–Kier alpha value is -1.57. The minimum Gasteiger partial charge on any atom is -0.381 e. The fourth-order valence-corrected chi connectivity index (χ4v) is 3.43. The van der Waals surface area contributed by atoms with Gasteiger partial charge in [-0.1, -0.05) is 23.7 Å². The minimum atomic E-state index is -3.74. The number of nitrogen functional groups attached to an aromatic ring is 1. The molecule has 0 fully saturated rings. The second-order valence-electron chi connectivity index (χ2n) is 4.63. The molecule has 0 spiro atoms. The van der Waals surface area contributed by atoms with Crippen LogP contribution in [0.3, 0.4) is 0 Å². The lowest BCUT2D eigenvalue weighted by atomic mass is 10.1. The number of sulfonamides is 1. The molecule has 0 saturated carbocycles. The summed E-state index contributed by atoms with van der Waals surface area (Å²) in [4.78, 5) is -0.0155. The van der Waals surface area contributed by atoms with Crippen molar-refractivity contribution in [2.45, 2.75) is 31.3 Å². The Balaban J connectivity index is 2.26. The summed E-state index contributed by atoms with van der Waals surface area (Å²) in [6.45, 7) is 4.14. The molecule has 1 heterocycles. The lowest BCUT2D eigenvalue weighted by molar-refractivity contribution is 0.567. The van der Waals surface area contributed by atoms with Gasteiger partial charge in [-0.15, -0.1) is 0 Å². The molecular formula is C13H17ClN4O2S. The topological polar surface area (TPSA) is 90.0 Å². The monoisotopic (exact) mass is 328 g/mol. The largest absolute Gasteiger partial charge is 0.381 e. The van der Waals surface area contributed by atoms with Crippen LogP contribution in [0.4, 0.5) is 5.82 Å². The summed E-state index contributed by atoms with van der Waals surface area (Å²) in [5, 5.41) is 4.50. The number of rotatable bonds is 5. The van der Waals surface area contributed by atoms with Crippen molar-refractivity contribution in [2.75, 3.05) is 5.73 Å². The summed E-state index contributed by atoms with van der Waals surface area (Å²) in [5.41, 5.74) is 6.44. The summed E-state index contributed by atoms with van der Waals surface area (Å²) in [6, 6.07) is 6.59. The molecule has 3 N–H and O–H groups in total. The van der Waals surface area contributed by atoms with Crippen molar-refractivity contribution in [1.29, 1.82) is 0 Å². The average Bonchev–Trinajstić information content (AvgIpc) is 2.80. The van der Waals surface area contributed by atoms with Crippen LogP contribution < -0.4 is 10.5 Å². The summed E-state index contributed by atoms with van der Waals surface area (Å²) in [5.74, 6) is -0.0114. The molecule has 21 heavy (non-hydrogen) atoms. The summed E-state index contributed by atoms with van der Waals surface area (Å²) in [7, 11) is -3.74. The quantitative estimate of drug-likeness (QED) is 0.880. The van der Waals surface area contributed by atoms with Gasteiger partial charge in [-0.25, -0.2) is 13.1 Å². The van der Waals surface area contributed by atoms with Crippen LogP contribution in [0.1, 0.15) is 25.5 Å². The molecule has 0 aliphatic rings. The minimum absolute atomic E-state index is 0.0114. The zero-order valence-electron chi connectivity index (χ0n) is 11.7. The Morgan fingerprint density at radius 1 is 1.48 bits per heavy atom. The van der Waals surface area contributed by atoms with Crippen LogP contribution in [0.5, 0.6) is 0 Å². The van der Waals surface area contributed by atoms with Crippen molar-refractivity contribution in [1.82, 2.24) is 14.5 Å². The van der Waals surface area contributed by atoms with E-state index in [4.69, 9.17) is 17.3 Å². The molecule has 0 amide bonds. The van der Waals surface area contributed by atoms with E-state index in [0.717, 1.165) is 5.56 Å². The van der Waals surface area contributed by atoms with E-state index in [9.17, 15) is 8.42 Å². The number of hydrogen-bond donors (Lipinski definition) is 2. The smallest absolute Gasteiger partial charge is 0.246 e. The van der Waals surface area contributed by atoms with Crippen LogP contribution in [-0.2, 0) is 16.6 Å². The average molecular weight is 329 g/mol. The SMILES string of the molecule is CCn1cc(S(=O)(=O)NC(C)c2cccc(Cl)c2)c(N)n1. The molecule has 0 aliphatic heterocycles. The van der Waals surface area contributed by atoms with Crippen LogP contribution in [-0.4, -0.2) is 18.2 Å². The molecule has 1 atom stereocenters. The van der Waals surface area contributed by atoms with Crippen LogP contribution in [0.25, 0.3) is 0 Å². The zero-order valence-corrected chi connectivity index (χ0v) is 13.3. The molecule has 1 aromatic heterocycles. The number of aryl methyl sites for hydroxylation is 1. The van der Waals surface area contributed by atoms with E-state index in [1.54, 1.807) is 31.2 Å². The van der Waals surface area contributed by atoms with Crippen molar-refractivity contribution in [3.63, 3.8) is 0 Å².